The Morgan fingerprint density at radius 3 is 2.80 bits per heavy atom. The van der Waals surface area contributed by atoms with Crippen LogP contribution in [0.5, 0.6) is 0 Å². The number of thiophene rings is 1. The van der Waals surface area contributed by atoms with Gasteiger partial charge >= 0.3 is 0 Å². The van der Waals surface area contributed by atoms with E-state index in [0.29, 0.717) is 12.1 Å². The summed E-state index contributed by atoms with van der Waals surface area (Å²) in [7, 11) is 1.85. The molecule has 0 radical (unpaired) electrons. The minimum atomic E-state index is -0.148. The van der Waals surface area contributed by atoms with Gasteiger partial charge in [0.2, 0.25) is 0 Å². The van der Waals surface area contributed by atoms with Crippen LogP contribution in [0, 0.1) is 5.82 Å². The van der Waals surface area contributed by atoms with Crippen LogP contribution in [0.15, 0.2) is 35.7 Å². The fraction of sp³-hybridized carbons (Fsp3) is 0.167. The van der Waals surface area contributed by atoms with E-state index < -0.39 is 0 Å². The molecule has 2 aromatic rings. The molecule has 78 valence electrons. The lowest BCUT2D eigenvalue weighted by molar-refractivity contribution is 0.627. The van der Waals surface area contributed by atoms with E-state index in [1.807, 2.05) is 36.7 Å². The molecular formula is C12H12FNS. The number of benzene rings is 1. The van der Waals surface area contributed by atoms with Crippen LogP contribution < -0.4 is 5.32 Å². The molecule has 1 aromatic heterocycles. The van der Waals surface area contributed by atoms with Crippen LogP contribution in [0.4, 0.5) is 4.39 Å². The Bertz CT molecular complexity index is 437. The van der Waals surface area contributed by atoms with Gasteiger partial charge in [0.15, 0.2) is 0 Å². The quantitative estimate of drug-likeness (QED) is 0.838. The minimum Gasteiger partial charge on any atom is -0.316 e. The zero-order valence-corrected chi connectivity index (χ0v) is 9.27. The first-order valence-electron chi connectivity index (χ1n) is 4.78. The summed E-state index contributed by atoms with van der Waals surface area (Å²) in [6.45, 7) is 0.696. The molecule has 0 bridgehead atoms. The van der Waals surface area contributed by atoms with Crippen molar-refractivity contribution in [3.05, 3.63) is 47.1 Å². The largest absolute Gasteiger partial charge is 0.316 e. The predicted octanol–water partition coefficient (Wildman–Crippen LogP) is 3.27. The van der Waals surface area contributed by atoms with Gasteiger partial charge in [0, 0.05) is 17.0 Å². The van der Waals surface area contributed by atoms with E-state index in [4.69, 9.17) is 0 Å². The number of rotatable bonds is 3. The lowest BCUT2D eigenvalue weighted by atomic mass is 10.1. The lowest BCUT2D eigenvalue weighted by Gasteiger charge is -2.04. The van der Waals surface area contributed by atoms with Crippen LogP contribution in [-0.4, -0.2) is 7.05 Å². The van der Waals surface area contributed by atoms with Gasteiger partial charge in [-0.15, -0.1) is 11.3 Å². The average molecular weight is 221 g/mol. The molecule has 1 nitrogen and oxygen atoms in total. The molecule has 0 fully saturated rings. The second-order valence-electron chi connectivity index (χ2n) is 3.32. The molecule has 0 atom stereocenters. The van der Waals surface area contributed by atoms with Gasteiger partial charge in [0.25, 0.3) is 0 Å². The highest BCUT2D eigenvalue weighted by Gasteiger charge is 2.06. The molecular weight excluding hydrogens is 209 g/mol. The molecule has 0 spiro atoms. The van der Waals surface area contributed by atoms with Crippen molar-refractivity contribution in [3.8, 4) is 10.4 Å². The molecule has 3 heteroatoms. The fourth-order valence-electron chi connectivity index (χ4n) is 1.50. The third-order valence-electron chi connectivity index (χ3n) is 2.20. The zero-order valence-electron chi connectivity index (χ0n) is 8.46. The number of hydrogen-bond donors (Lipinski definition) is 1. The Hall–Kier alpha value is -1.19. The molecule has 0 aliphatic heterocycles. The summed E-state index contributed by atoms with van der Waals surface area (Å²) in [5, 5.41) is 4.96. The van der Waals surface area contributed by atoms with E-state index >= 15 is 0 Å². The fourth-order valence-corrected chi connectivity index (χ4v) is 2.26. The summed E-state index contributed by atoms with van der Waals surface area (Å²) in [4.78, 5) is 0.975. The summed E-state index contributed by atoms with van der Waals surface area (Å²) >= 11 is 1.55. The van der Waals surface area contributed by atoms with E-state index in [1.165, 1.54) is 0 Å². The van der Waals surface area contributed by atoms with Crippen LogP contribution in [0.3, 0.4) is 0 Å². The summed E-state index contributed by atoms with van der Waals surface area (Å²) in [5.74, 6) is -0.148. The first kappa shape index (κ1) is 10.3. The van der Waals surface area contributed by atoms with Crippen molar-refractivity contribution in [2.24, 2.45) is 0 Å². The highest BCUT2D eigenvalue weighted by molar-refractivity contribution is 7.13. The molecule has 1 aromatic carbocycles. The van der Waals surface area contributed by atoms with Crippen molar-refractivity contribution in [1.29, 1.82) is 0 Å². The van der Waals surface area contributed by atoms with Crippen LogP contribution in [0.1, 0.15) is 5.56 Å². The highest BCUT2D eigenvalue weighted by atomic mass is 32.1. The van der Waals surface area contributed by atoms with Gasteiger partial charge in [0.1, 0.15) is 5.82 Å². The second-order valence-corrected chi connectivity index (χ2v) is 4.27. The number of hydrogen-bond acceptors (Lipinski definition) is 2. The van der Waals surface area contributed by atoms with E-state index in [1.54, 1.807) is 17.4 Å². The molecule has 0 saturated carbocycles. The van der Waals surface area contributed by atoms with Crippen molar-refractivity contribution in [3.63, 3.8) is 0 Å². The maximum Gasteiger partial charge on any atom is 0.132 e. The summed E-state index contributed by atoms with van der Waals surface area (Å²) < 4.78 is 13.7. The van der Waals surface area contributed by atoms with Crippen LogP contribution in [0.2, 0.25) is 0 Å². The number of nitrogens with one attached hydrogen (secondary N) is 1. The van der Waals surface area contributed by atoms with Crippen LogP contribution in [-0.2, 0) is 6.54 Å². The molecule has 1 heterocycles. The van der Waals surface area contributed by atoms with Crippen molar-refractivity contribution in [2.75, 3.05) is 7.05 Å². The topological polar surface area (TPSA) is 12.0 Å². The lowest BCUT2D eigenvalue weighted by Crippen LogP contribution is -2.05. The standard InChI is InChI=1S/C12H12FNS/c1-14-8-9-4-5-10(11(13)7-9)12-3-2-6-15-12/h2-7,14H,8H2,1H3. The Morgan fingerprint density at radius 1 is 1.33 bits per heavy atom. The maximum absolute atomic E-state index is 13.7. The first-order valence-corrected chi connectivity index (χ1v) is 5.66. The second kappa shape index (κ2) is 4.55. The van der Waals surface area contributed by atoms with Crippen molar-refractivity contribution >= 4 is 11.3 Å². The maximum atomic E-state index is 13.7. The molecule has 1 N–H and O–H groups in total. The van der Waals surface area contributed by atoms with Gasteiger partial charge in [-0.1, -0.05) is 18.2 Å². The third-order valence-corrected chi connectivity index (χ3v) is 3.10. The van der Waals surface area contributed by atoms with Gasteiger partial charge in [-0.05, 0) is 30.1 Å². The van der Waals surface area contributed by atoms with E-state index in [2.05, 4.69) is 5.32 Å². The van der Waals surface area contributed by atoms with Crippen molar-refractivity contribution in [2.45, 2.75) is 6.54 Å². The number of halogens is 1. The summed E-state index contributed by atoms with van der Waals surface area (Å²) in [6.07, 6.45) is 0. The monoisotopic (exact) mass is 221 g/mol. The van der Waals surface area contributed by atoms with Gasteiger partial charge < -0.3 is 5.32 Å². The average Bonchev–Trinajstić information content (AvgIpc) is 2.71. The van der Waals surface area contributed by atoms with Crippen molar-refractivity contribution in [1.82, 2.24) is 5.32 Å². The molecule has 2 rings (SSSR count). The van der Waals surface area contributed by atoms with Crippen LogP contribution in [0.25, 0.3) is 10.4 Å². The van der Waals surface area contributed by atoms with Gasteiger partial charge in [-0.3, -0.25) is 0 Å². The first-order chi connectivity index (χ1) is 7.31. The molecule has 0 saturated heterocycles. The molecule has 0 unspecified atom stereocenters. The van der Waals surface area contributed by atoms with Crippen molar-refractivity contribution < 1.29 is 4.39 Å². The Balaban J connectivity index is 2.35. The van der Waals surface area contributed by atoms with E-state index in [9.17, 15) is 4.39 Å². The Labute approximate surface area is 92.6 Å². The normalized spacial score (nSPS) is 10.5. The van der Waals surface area contributed by atoms with E-state index in [-0.39, 0.29) is 5.82 Å². The minimum absolute atomic E-state index is 0.148. The predicted molar refractivity (Wildman–Crippen MR) is 62.5 cm³/mol. The summed E-state index contributed by atoms with van der Waals surface area (Å²) in [6, 6.07) is 9.25. The van der Waals surface area contributed by atoms with Gasteiger partial charge in [-0.2, -0.15) is 0 Å². The van der Waals surface area contributed by atoms with Gasteiger partial charge in [-0.25, -0.2) is 4.39 Å². The van der Waals surface area contributed by atoms with Crippen LogP contribution >= 0.6 is 11.3 Å². The molecule has 15 heavy (non-hydrogen) atoms. The SMILES string of the molecule is CNCc1ccc(-c2cccs2)c(F)c1. The van der Waals surface area contributed by atoms with E-state index in [0.717, 1.165) is 10.4 Å². The molecule has 0 amide bonds. The highest BCUT2D eigenvalue weighted by Crippen LogP contribution is 2.27. The molecule has 0 aliphatic carbocycles. The van der Waals surface area contributed by atoms with Gasteiger partial charge in [0.05, 0.1) is 0 Å². The molecule has 0 aliphatic rings. The zero-order chi connectivity index (χ0) is 10.7. The Kier molecular flexibility index (Phi) is 3.14. The summed E-state index contributed by atoms with van der Waals surface area (Å²) in [5.41, 5.74) is 1.65. The smallest absolute Gasteiger partial charge is 0.132 e. The third kappa shape index (κ3) is 2.25. The Morgan fingerprint density at radius 2 is 2.20 bits per heavy atom.